The molecule has 2 aliphatic heterocycles. The van der Waals surface area contributed by atoms with Gasteiger partial charge in [0.1, 0.15) is 0 Å². The molecule has 1 radical (unpaired) electrons. The lowest BCUT2D eigenvalue weighted by atomic mass is 9.95. The van der Waals surface area contributed by atoms with Gasteiger partial charge in [0.15, 0.2) is 0 Å². The van der Waals surface area contributed by atoms with E-state index in [2.05, 4.69) is 17.3 Å². The Morgan fingerprint density at radius 3 is 2.40 bits per heavy atom. The summed E-state index contributed by atoms with van der Waals surface area (Å²) in [5, 5.41) is 3.60. The molecule has 2 heterocycles. The van der Waals surface area contributed by atoms with Gasteiger partial charge in [-0.25, -0.2) is 0 Å². The van der Waals surface area contributed by atoms with Crippen LogP contribution >= 0.6 is 0 Å². The molecule has 2 bridgehead atoms. The van der Waals surface area contributed by atoms with Crippen LogP contribution in [0, 0.1) is 7.05 Å². The third-order valence-corrected chi connectivity index (χ3v) is 2.53. The van der Waals surface area contributed by atoms with Gasteiger partial charge in [-0.05, 0) is 12.8 Å². The van der Waals surface area contributed by atoms with Crippen molar-refractivity contribution in [2.75, 3.05) is 13.1 Å². The Labute approximate surface area is 62.6 Å². The van der Waals surface area contributed by atoms with Gasteiger partial charge in [-0.1, -0.05) is 6.42 Å². The molecule has 0 amide bonds. The zero-order chi connectivity index (χ0) is 6.97. The molecule has 2 saturated heterocycles. The maximum absolute atomic E-state index is 3.97. The summed E-state index contributed by atoms with van der Waals surface area (Å²) in [7, 11) is 3.97. The highest BCUT2D eigenvalue weighted by atomic mass is 15.2. The fourth-order valence-corrected chi connectivity index (χ4v) is 2.10. The predicted molar refractivity (Wildman–Crippen MR) is 41.5 cm³/mol. The first-order valence-electron chi connectivity index (χ1n) is 4.16. The predicted octanol–water partition coefficient (Wildman–Crippen LogP) is 0.604. The highest BCUT2D eigenvalue weighted by Gasteiger charge is 2.27. The molecule has 0 aliphatic carbocycles. The van der Waals surface area contributed by atoms with E-state index in [-0.39, 0.29) is 0 Å². The van der Waals surface area contributed by atoms with Crippen LogP contribution in [0.15, 0.2) is 0 Å². The topological polar surface area (TPSA) is 15.3 Å². The molecule has 57 valence electrons. The van der Waals surface area contributed by atoms with Crippen molar-refractivity contribution in [3.05, 3.63) is 7.05 Å². The number of hydrogen-bond donors (Lipinski definition) is 1. The number of nitrogens with one attached hydrogen (secondary N) is 1. The van der Waals surface area contributed by atoms with E-state index in [9.17, 15) is 0 Å². The van der Waals surface area contributed by atoms with E-state index in [0.717, 1.165) is 25.2 Å². The first-order valence-corrected chi connectivity index (χ1v) is 4.16. The monoisotopic (exact) mass is 139 g/mol. The lowest BCUT2D eigenvalue weighted by molar-refractivity contribution is 0.164. The Kier molecular flexibility index (Phi) is 1.66. The third kappa shape index (κ3) is 1.18. The molecule has 2 fully saturated rings. The molecule has 10 heavy (non-hydrogen) atoms. The second-order valence-corrected chi connectivity index (χ2v) is 3.53. The lowest BCUT2D eigenvalue weighted by Gasteiger charge is -2.40. The molecule has 0 saturated carbocycles. The van der Waals surface area contributed by atoms with Gasteiger partial charge in [-0.3, -0.25) is 4.90 Å². The highest BCUT2D eigenvalue weighted by Crippen LogP contribution is 2.18. The number of likely N-dealkylation sites (tertiary alicyclic amines) is 1. The van der Waals surface area contributed by atoms with Crippen LogP contribution in [0.4, 0.5) is 0 Å². The molecular weight excluding hydrogens is 124 g/mol. The summed E-state index contributed by atoms with van der Waals surface area (Å²) in [6.07, 6.45) is 4.11. The fraction of sp³-hybridized carbons (Fsp3) is 0.875. The van der Waals surface area contributed by atoms with Gasteiger partial charge in [-0.2, -0.15) is 0 Å². The van der Waals surface area contributed by atoms with Crippen LogP contribution in [-0.2, 0) is 0 Å². The van der Waals surface area contributed by atoms with E-state index in [1.54, 1.807) is 0 Å². The molecule has 2 heteroatoms. The van der Waals surface area contributed by atoms with E-state index in [1.165, 1.54) is 19.3 Å². The molecule has 0 aromatic heterocycles. The number of piperazine rings is 1. The van der Waals surface area contributed by atoms with Crippen LogP contribution in [0.3, 0.4) is 0 Å². The quantitative estimate of drug-likeness (QED) is 0.529. The molecule has 0 spiro atoms. The Morgan fingerprint density at radius 1 is 1.20 bits per heavy atom. The van der Waals surface area contributed by atoms with Crippen LogP contribution in [0.5, 0.6) is 0 Å². The van der Waals surface area contributed by atoms with Gasteiger partial charge < -0.3 is 5.32 Å². The second-order valence-electron chi connectivity index (χ2n) is 3.53. The molecule has 2 rings (SSSR count). The molecule has 2 atom stereocenters. The molecule has 2 nitrogen and oxygen atoms in total. The number of piperidine rings is 1. The summed E-state index contributed by atoms with van der Waals surface area (Å²) in [5.41, 5.74) is 0. The van der Waals surface area contributed by atoms with Crippen molar-refractivity contribution in [3.63, 3.8) is 0 Å². The van der Waals surface area contributed by atoms with Crippen LogP contribution in [0.1, 0.15) is 19.3 Å². The van der Waals surface area contributed by atoms with Crippen molar-refractivity contribution < 1.29 is 0 Å². The minimum absolute atomic E-state index is 0.741. The van der Waals surface area contributed by atoms with E-state index in [1.807, 2.05) is 0 Å². The molecule has 0 aromatic carbocycles. The maximum Gasteiger partial charge on any atom is 0.0198 e. The third-order valence-electron chi connectivity index (χ3n) is 2.53. The number of hydrogen-bond acceptors (Lipinski definition) is 2. The summed E-state index contributed by atoms with van der Waals surface area (Å²) in [4.78, 5) is 2.20. The Hall–Kier alpha value is -0.0800. The minimum Gasteiger partial charge on any atom is -0.309 e. The molecule has 0 aromatic rings. The Morgan fingerprint density at radius 2 is 1.80 bits per heavy atom. The van der Waals surface area contributed by atoms with E-state index >= 15 is 0 Å². The van der Waals surface area contributed by atoms with Gasteiger partial charge in [-0.15, -0.1) is 0 Å². The zero-order valence-electron chi connectivity index (χ0n) is 6.34. The van der Waals surface area contributed by atoms with Gasteiger partial charge in [0.05, 0.1) is 0 Å². The minimum atomic E-state index is 0.741. The Bertz CT molecular complexity index is 108. The Balaban J connectivity index is 1.98. The summed E-state index contributed by atoms with van der Waals surface area (Å²) >= 11 is 0. The number of rotatable bonds is 0. The number of nitrogens with zero attached hydrogens (tertiary/aromatic N) is 1. The second kappa shape index (κ2) is 2.51. The average Bonchev–Trinajstić information content (AvgIpc) is 1.85. The lowest BCUT2D eigenvalue weighted by Crippen LogP contribution is -2.56. The van der Waals surface area contributed by atoms with Gasteiger partial charge in [0.2, 0.25) is 0 Å². The van der Waals surface area contributed by atoms with Crippen molar-refractivity contribution >= 4 is 0 Å². The maximum atomic E-state index is 3.97. The average molecular weight is 139 g/mol. The van der Waals surface area contributed by atoms with Gasteiger partial charge in [0.25, 0.3) is 0 Å². The van der Waals surface area contributed by atoms with Crippen LogP contribution < -0.4 is 5.32 Å². The van der Waals surface area contributed by atoms with Crippen molar-refractivity contribution in [1.29, 1.82) is 0 Å². The molecule has 2 aliphatic rings. The smallest absolute Gasteiger partial charge is 0.0198 e. The van der Waals surface area contributed by atoms with Gasteiger partial charge in [0, 0.05) is 32.2 Å². The van der Waals surface area contributed by atoms with E-state index < -0.39 is 0 Å². The largest absolute Gasteiger partial charge is 0.309 e. The molecule has 1 N–H and O–H groups in total. The van der Waals surface area contributed by atoms with Crippen molar-refractivity contribution in [3.8, 4) is 0 Å². The van der Waals surface area contributed by atoms with E-state index in [0.29, 0.717) is 0 Å². The first kappa shape index (κ1) is 6.62. The van der Waals surface area contributed by atoms with Crippen LogP contribution in [-0.4, -0.2) is 30.1 Å². The number of fused-ring (bicyclic) bond motifs is 2. The van der Waals surface area contributed by atoms with Crippen LogP contribution in [0.2, 0.25) is 0 Å². The van der Waals surface area contributed by atoms with Gasteiger partial charge >= 0.3 is 0 Å². The fourth-order valence-electron chi connectivity index (χ4n) is 2.10. The van der Waals surface area contributed by atoms with Crippen molar-refractivity contribution in [1.82, 2.24) is 10.2 Å². The van der Waals surface area contributed by atoms with Crippen molar-refractivity contribution in [2.24, 2.45) is 0 Å². The van der Waals surface area contributed by atoms with Crippen LogP contribution in [0.25, 0.3) is 0 Å². The zero-order valence-corrected chi connectivity index (χ0v) is 6.34. The first-order chi connectivity index (χ1) is 4.84. The SMILES string of the molecule is [CH2]N1CC2CCCC(C1)N2. The summed E-state index contributed by atoms with van der Waals surface area (Å²) in [5.74, 6) is 0. The van der Waals surface area contributed by atoms with E-state index in [4.69, 9.17) is 0 Å². The molecule has 2 unspecified atom stereocenters. The summed E-state index contributed by atoms with van der Waals surface area (Å²) in [6, 6.07) is 1.48. The molecular formula is C8H15N2. The summed E-state index contributed by atoms with van der Waals surface area (Å²) < 4.78 is 0. The highest BCUT2D eigenvalue weighted by molar-refractivity contribution is 4.89. The standard InChI is InChI=1S/C8H15N2/c1-10-5-7-3-2-4-8(6-10)9-7/h7-9H,1-6H2. The van der Waals surface area contributed by atoms with Crippen molar-refractivity contribution in [2.45, 2.75) is 31.3 Å². The summed E-state index contributed by atoms with van der Waals surface area (Å²) in [6.45, 7) is 2.30. The normalized spacial score (nSPS) is 41.7.